The van der Waals surface area contributed by atoms with Crippen molar-refractivity contribution < 1.29 is 17.9 Å². The van der Waals surface area contributed by atoms with Crippen molar-refractivity contribution in [2.75, 3.05) is 5.32 Å². The van der Waals surface area contributed by atoms with E-state index in [0.29, 0.717) is 5.69 Å². The minimum Gasteiger partial charge on any atom is -0.472 e. The zero-order valence-electron chi connectivity index (χ0n) is 13.3. The highest BCUT2D eigenvalue weighted by Crippen LogP contribution is 2.35. The Kier molecular flexibility index (Phi) is 5.60. The molecule has 0 unspecified atom stereocenters. The number of benzene rings is 2. The molecular weight excluding hydrogens is 458 g/mol. The number of ether oxygens (including phenoxy) is 1. The number of aromatic nitrogens is 2. The van der Waals surface area contributed by atoms with Crippen molar-refractivity contribution >= 4 is 34.2 Å². The third kappa shape index (κ3) is 4.84. The summed E-state index contributed by atoms with van der Waals surface area (Å²) in [5.41, 5.74) is 0.402. The number of hydrogen-bond donors (Lipinski definition) is 1. The highest BCUT2D eigenvalue weighted by Gasteiger charge is 2.36. The van der Waals surface area contributed by atoms with Crippen molar-refractivity contribution in [2.45, 2.75) is 12.8 Å². The van der Waals surface area contributed by atoms with Gasteiger partial charge < -0.3 is 10.1 Å². The first kappa shape index (κ1) is 18.4. The van der Waals surface area contributed by atoms with E-state index in [9.17, 15) is 13.2 Å². The highest BCUT2D eigenvalue weighted by atomic mass is 127. The molecule has 26 heavy (non-hydrogen) atoms. The summed E-state index contributed by atoms with van der Waals surface area (Å²) in [5, 5.41) is 2.89. The molecule has 134 valence electrons. The summed E-state index contributed by atoms with van der Waals surface area (Å²) in [7, 11) is 0. The molecule has 0 fully saturated rings. The average molecular weight is 471 g/mol. The fraction of sp³-hybridized carbons (Fsp3) is 0.111. The molecule has 8 heteroatoms. The van der Waals surface area contributed by atoms with E-state index in [1.54, 1.807) is 30.3 Å². The Morgan fingerprint density at radius 2 is 1.81 bits per heavy atom. The number of nitrogens with one attached hydrogen (secondary N) is 1. The van der Waals surface area contributed by atoms with E-state index in [-0.39, 0.29) is 12.6 Å². The van der Waals surface area contributed by atoms with E-state index in [0.717, 1.165) is 15.3 Å². The SMILES string of the molecule is FC(F)(F)c1cnc(Nc2cccc(I)c2)nc1OCc1ccccc1. The van der Waals surface area contributed by atoms with Gasteiger partial charge in [0.2, 0.25) is 11.8 Å². The van der Waals surface area contributed by atoms with Crippen molar-refractivity contribution in [3.05, 3.63) is 75.5 Å². The van der Waals surface area contributed by atoms with Crippen LogP contribution in [0.25, 0.3) is 0 Å². The Morgan fingerprint density at radius 3 is 2.50 bits per heavy atom. The lowest BCUT2D eigenvalue weighted by atomic mass is 10.2. The molecule has 4 nitrogen and oxygen atoms in total. The lowest BCUT2D eigenvalue weighted by Gasteiger charge is -2.14. The van der Waals surface area contributed by atoms with E-state index in [1.807, 2.05) is 24.3 Å². The molecule has 1 aromatic heterocycles. The number of alkyl halides is 3. The van der Waals surface area contributed by atoms with Crippen LogP contribution in [0.1, 0.15) is 11.1 Å². The normalized spacial score (nSPS) is 11.2. The van der Waals surface area contributed by atoms with Gasteiger partial charge in [-0.3, -0.25) is 0 Å². The first-order chi connectivity index (χ1) is 12.4. The molecular formula is C18H13F3IN3O. The van der Waals surface area contributed by atoms with Crippen molar-refractivity contribution in [1.82, 2.24) is 9.97 Å². The molecule has 0 aliphatic rings. The number of hydrogen-bond acceptors (Lipinski definition) is 4. The Morgan fingerprint density at radius 1 is 1.04 bits per heavy atom. The van der Waals surface area contributed by atoms with Crippen LogP contribution in [-0.2, 0) is 12.8 Å². The molecule has 0 saturated heterocycles. The van der Waals surface area contributed by atoms with Crippen molar-refractivity contribution in [3.63, 3.8) is 0 Å². The Labute approximate surface area is 161 Å². The smallest absolute Gasteiger partial charge is 0.423 e. The zero-order chi connectivity index (χ0) is 18.6. The number of halogens is 4. The lowest BCUT2D eigenvalue weighted by Crippen LogP contribution is -2.12. The predicted octanol–water partition coefficient (Wildman–Crippen LogP) is 5.42. The van der Waals surface area contributed by atoms with Crippen LogP contribution in [0.4, 0.5) is 24.8 Å². The van der Waals surface area contributed by atoms with Gasteiger partial charge in [0, 0.05) is 15.5 Å². The van der Waals surface area contributed by atoms with E-state index >= 15 is 0 Å². The molecule has 0 bridgehead atoms. The van der Waals surface area contributed by atoms with Crippen molar-refractivity contribution in [2.24, 2.45) is 0 Å². The second-order valence-corrected chi connectivity index (χ2v) is 6.57. The van der Waals surface area contributed by atoms with Gasteiger partial charge in [-0.15, -0.1) is 0 Å². The highest BCUT2D eigenvalue weighted by molar-refractivity contribution is 14.1. The van der Waals surface area contributed by atoms with Crippen LogP contribution in [0.2, 0.25) is 0 Å². The van der Waals surface area contributed by atoms with Gasteiger partial charge >= 0.3 is 6.18 Å². The summed E-state index contributed by atoms with van der Waals surface area (Å²) in [6, 6.07) is 16.2. The first-order valence-electron chi connectivity index (χ1n) is 7.55. The Bertz CT molecular complexity index is 888. The molecule has 1 heterocycles. The molecule has 0 saturated carbocycles. The van der Waals surface area contributed by atoms with Crippen molar-refractivity contribution in [1.29, 1.82) is 0 Å². The summed E-state index contributed by atoms with van der Waals surface area (Å²) in [6.07, 6.45) is -3.88. The minimum atomic E-state index is -4.60. The third-order valence-electron chi connectivity index (χ3n) is 3.36. The maximum atomic E-state index is 13.2. The van der Waals surface area contributed by atoms with Gasteiger partial charge in [0.05, 0.1) is 0 Å². The van der Waals surface area contributed by atoms with Gasteiger partial charge in [0.25, 0.3) is 0 Å². The second-order valence-electron chi connectivity index (χ2n) is 5.32. The van der Waals surface area contributed by atoms with Crippen LogP contribution < -0.4 is 10.1 Å². The predicted molar refractivity (Wildman–Crippen MR) is 100 cm³/mol. The van der Waals surface area contributed by atoms with E-state index < -0.39 is 17.6 Å². The number of anilines is 2. The van der Waals surface area contributed by atoms with Gasteiger partial charge in [-0.1, -0.05) is 36.4 Å². The minimum absolute atomic E-state index is 0.0242. The van der Waals surface area contributed by atoms with Crippen LogP contribution in [0.5, 0.6) is 5.88 Å². The standard InChI is InChI=1S/C18H13F3IN3O/c19-18(20,21)15-10-23-17(24-14-8-4-7-13(22)9-14)25-16(15)26-11-12-5-2-1-3-6-12/h1-10H,11H2,(H,23,24,25). The monoisotopic (exact) mass is 471 g/mol. The lowest BCUT2D eigenvalue weighted by molar-refractivity contribution is -0.139. The molecule has 0 aliphatic heterocycles. The second kappa shape index (κ2) is 7.90. The van der Waals surface area contributed by atoms with Crippen LogP contribution in [0.3, 0.4) is 0 Å². The van der Waals surface area contributed by atoms with Gasteiger partial charge in [-0.2, -0.15) is 18.2 Å². The molecule has 1 N–H and O–H groups in total. The maximum Gasteiger partial charge on any atom is 0.423 e. The van der Waals surface area contributed by atoms with Crippen LogP contribution >= 0.6 is 22.6 Å². The summed E-state index contributed by atoms with van der Waals surface area (Å²) in [5.74, 6) is -0.479. The van der Waals surface area contributed by atoms with E-state index in [2.05, 4.69) is 37.9 Å². The Hall–Kier alpha value is -2.36. The fourth-order valence-corrected chi connectivity index (χ4v) is 2.70. The third-order valence-corrected chi connectivity index (χ3v) is 4.03. The van der Waals surface area contributed by atoms with Gasteiger partial charge in [-0.05, 0) is 46.4 Å². The van der Waals surface area contributed by atoms with Gasteiger partial charge in [0.15, 0.2) is 0 Å². The summed E-state index contributed by atoms with van der Waals surface area (Å²) in [6.45, 7) is -0.0242. The largest absolute Gasteiger partial charge is 0.472 e. The van der Waals surface area contributed by atoms with Gasteiger partial charge in [-0.25, -0.2) is 4.98 Å². The topological polar surface area (TPSA) is 47.0 Å². The molecule has 0 spiro atoms. The van der Waals surface area contributed by atoms with Crippen LogP contribution in [-0.4, -0.2) is 9.97 Å². The average Bonchev–Trinajstić information content (AvgIpc) is 2.60. The maximum absolute atomic E-state index is 13.2. The molecule has 0 radical (unpaired) electrons. The zero-order valence-corrected chi connectivity index (χ0v) is 15.5. The summed E-state index contributed by atoms with van der Waals surface area (Å²) >= 11 is 2.14. The van der Waals surface area contributed by atoms with Gasteiger partial charge in [0.1, 0.15) is 12.2 Å². The van der Waals surface area contributed by atoms with E-state index in [4.69, 9.17) is 4.74 Å². The molecule has 3 aromatic rings. The fourth-order valence-electron chi connectivity index (χ4n) is 2.15. The summed E-state index contributed by atoms with van der Waals surface area (Å²) < 4.78 is 45.9. The molecule has 2 aromatic carbocycles. The summed E-state index contributed by atoms with van der Waals surface area (Å²) in [4.78, 5) is 7.67. The molecule has 3 rings (SSSR count). The molecule has 0 atom stereocenters. The molecule has 0 aliphatic carbocycles. The van der Waals surface area contributed by atoms with Crippen molar-refractivity contribution in [3.8, 4) is 5.88 Å². The van der Waals surface area contributed by atoms with Crippen LogP contribution in [0.15, 0.2) is 60.8 Å². The Balaban J connectivity index is 1.86. The number of rotatable bonds is 5. The van der Waals surface area contributed by atoms with E-state index in [1.165, 1.54) is 0 Å². The quantitative estimate of drug-likeness (QED) is 0.505. The van der Waals surface area contributed by atoms with Crippen LogP contribution in [0, 0.1) is 3.57 Å². The molecule has 0 amide bonds. The first-order valence-corrected chi connectivity index (χ1v) is 8.63. The number of nitrogens with zero attached hydrogens (tertiary/aromatic N) is 2.